The van der Waals surface area contributed by atoms with Crippen molar-refractivity contribution >= 4 is 29.6 Å². The number of carbonyl (C=O) groups excluding carboxylic acids is 2. The normalized spacial score (nSPS) is 9.95. The third-order valence-corrected chi connectivity index (χ3v) is 3.07. The van der Waals surface area contributed by atoms with Crippen LogP contribution >= 0.6 is 11.6 Å². The zero-order valence-corrected chi connectivity index (χ0v) is 12.7. The highest BCUT2D eigenvalue weighted by Gasteiger charge is 2.20. The summed E-state index contributed by atoms with van der Waals surface area (Å²) in [4.78, 5) is 23.2. The van der Waals surface area contributed by atoms with Gasteiger partial charge in [-0.3, -0.25) is 0 Å². The van der Waals surface area contributed by atoms with Crippen LogP contribution in [0, 0.1) is 0 Å². The molecule has 0 aliphatic rings. The second kappa shape index (κ2) is 6.95. The number of benzene rings is 1. The zero-order chi connectivity index (χ0) is 16.1. The zero-order valence-electron chi connectivity index (χ0n) is 12.0. The molecule has 114 valence electrons. The number of ether oxygens (including phenoxy) is 2. The van der Waals surface area contributed by atoms with E-state index in [1.165, 1.54) is 20.3 Å². The maximum absolute atomic E-state index is 11.6. The predicted molar refractivity (Wildman–Crippen MR) is 81.2 cm³/mol. The van der Waals surface area contributed by atoms with E-state index in [1.54, 1.807) is 30.3 Å². The van der Waals surface area contributed by atoms with Crippen molar-refractivity contribution in [2.24, 2.45) is 0 Å². The summed E-state index contributed by atoms with van der Waals surface area (Å²) in [6, 6.07) is 10.5. The lowest BCUT2D eigenvalue weighted by Crippen LogP contribution is -2.15. The molecule has 0 spiro atoms. The molecule has 6 heteroatoms. The molecule has 5 nitrogen and oxygen atoms in total. The minimum Gasteiger partial charge on any atom is -0.465 e. The SMILES string of the molecule is COC(=O)C(=Cc1ccc(-c2cccc(Cl)c2)o1)C(=O)OC. The number of rotatable bonds is 4. The first kappa shape index (κ1) is 15.9. The molecular formula is C16H13ClO5. The summed E-state index contributed by atoms with van der Waals surface area (Å²) in [5.41, 5.74) is 0.529. The fourth-order valence-corrected chi connectivity index (χ4v) is 1.98. The Labute approximate surface area is 132 Å². The van der Waals surface area contributed by atoms with E-state index in [2.05, 4.69) is 9.47 Å². The Morgan fingerprint density at radius 2 is 1.77 bits per heavy atom. The summed E-state index contributed by atoms with van der Waals surface area (Å²) in [5, 5.41) is 0.579. The van der Waals surface area contributed by atoms with Crippen LogP contribution < -0.4 is 0 Å². The van der Waals surface area contributed by atoms with Gasteiger partial charge in [-0.25, -0.2) is 9.59 Å². The molecule has 0 amide bonds. The van der Waals surface area contributed by atoms with E-state index in [1.807, 2.05) is 6.07 Å². The second-order valence-corrected chi connectivity index (χ2v) is 4.69. The first-order chi connectivity index (χ1) is 10.5. The van der Waals surface area contributed by atoms with Gasteiger partial charge in [0, 0.05) is 16.7 Å². The van der Waals surface area contributed by atoms with Gasteiger partial charge in [-0.1, -0.05) is 23.7 Å². The number of esters is 2. The smallest absolute Gasteiger partial charge is 0.345 e. The van der Waals surface area contributed by atoms with Crippen molar-refractivity contribution in [2.45, 2.75) is 0 Å². The fourth-order valence-electron chi connectivity index (χ4n) is 1.79. The Morgan fingerprint density at radius 3 is 2.36 bits per heavy atom. The molecule has 1 aromatic heterocycles. The van der Waals surface area contributed by atoms with Crippen LogP contribution in [0.15, 0.2) is 46.4 Å². The van der Waals surface area contributed by atoms with Crippen molar-refractivity contribution in [1.82, 2.24) is 0 Å². The standard InChI is InChI=1S/C16H13ClO5/c1-20-15(18)13(16(19)21-2)9-12-6-7-14(22-12)10-4-3-5-11(17)8-10/h3-9H,1-2H3. The molecule has 0 unspecified atom stereocenters. The highest BCUT2D eigenvalue weighted by molar-refractivity contribution is 6.30. The van der Waals surface area contributed by atoms with E-state index in [0.717, 1.165) is 5.56 Å². The maximum Gasteiger partial charge on any atom is 0.345 e. The minimum atomic E-state index is -0.799. The van der Waals surface area contributed by atoms with Crippen LogP contribution in [-0.2, 0) is 19.1 Å². The Morgan fingerprint density at radius 1 is 1.09 bits per heavy atom. The lowest BCUT2D eigenvalue weighted by molar-refractivity contribution is -0.143. The van der Waals surface area contributed by atoms with Crippen LogP contribution in [-0.4, -0.2) is 26.2 Å². The average molecular weight is 321 g/mol. The third kappa shape index (κ3) is 3.56. The highest BCUT2D eigenvalue weighted by Crippen LogP contribution is 2.25. The van der Waals surface area contributed by atoms with Gasteiger partial charge in [0.1, 0.15) is 17.1 Å². The second-order valence-electron chi connectivity index (χ2n) is 4.25. The molecule has 22 heavy (non-hydrogen) atoms. The van der Waals surface area contributed by atoms with Gasteiger partial charge in [0.2, 0.25) is 0 Å². The Balaban J connectivity index is 2.35. The van der Waals surface area contributed by atoms with Gasteiger partial charge < -0.3 is 13.9 Å². The Kier molecular flexibility index (Phi) is 5.01. The molecule has 2 aromatic rings. The van der Waals surface area contributed by atoms with E-state index >= 15 is 0 Å². The van der Waals surface area contributed by atoms with Crippen LogP contribution in [0.2, 0.25) is 5.02 Å². The molecule has 1 aromatic carbocycles. The Bertz CT molecular complexity index is 712. The molecule has 2 rings (SSSR count). The first-order valence-corrected chi connectivity index (χ1v) is 6.67. The van der Waals surface area contributed by atoms with Gasteiger partial charge >= 0.3 is 11.9 Å². The number of hydrogen-bond acceptors (Lipinski definition) is 5. The lowest BCUT2D eigenvalue weighted by atomic mass is 10.2. The molecule has 0 saturated heterocycles. The number of furan rings is 1. The molecule has 0 aliphatic carbocycles. The first-order valence-electron chi connectivity index (χ1n) is 6.29. The largest absolute Gasteiger partial charge is 0.465 e. The number of hydrogen-bond donors (Lipinski definition) is 0. The molecule has 0 fully saturated rings. The molecule has 0 saturated carbocycles. The summed E-state index contributed by atoms with van der Waals surface area (Å²) < 4.78 is 14.7. The summed E-state index contributed by atoms with van der Waals surface area (Å²) in [6.45, 7) is 0. The average Bonchev–Trinajstić information content (AvgIpc) is 3.00. The molecule has 0 atom stereocenters. The van der Waals surface area contributed by atoms with Gasteiger partial charge in [0.25, 0.3) is 0 Å². The summed E-state index contributed by atoms with van der Waals surface area (Å²) >= 11 is 5.93. The van der Waals surface area contributed by atoms with E-state index < -0.39 is 11.9 Å². The van der Waals surface area contributed by atoms with Gasteiger partial charge in [-0.05, 0) is 24.3 Å². The molecular weight excluding hydrogens is 308 g/mol. The summed E-state index contributed by atoms with van der Waals surface area (Å²) in [5.74, 6) is -0.719. The van der Waals surface area contributed by atoms with Crippen molar-refractivity contribution in [1.29, 1.82) is 0 Å². The number of halogens is 1. The highest BCUT2D eigenvalue weighted by atomic mass is 35.5. The van der Waals surface area contributed by atoms with Crippen molar-refractivity contribution in [3.05, 3.63) is 52.8 Å². The summed E-state index contributed by atoms with van der Waals surface area (Å²) in [7, 11) is 2.36. The molecule has 0 N–H and O–H groups in total. The molecule has 0 bridgehead atoms. The van der Waals surface area contributed by atoms with E-state index in [0.29, 0.717) is 16.5 Å². The third-order valence-electron chi connectivity index (χ3n) is 2.83. The van der Waals surface area contributed by atoms with Crippen LogP contribution in [0.3, 0.4) is 0 Å². The monoisotopic (exact) mass is 320 g/mol. The van der Waals surface area contributed by atoms with Gasteiger partial charge in [-0.15, -0.1) is 0 Å². The van der Waals surface area contributed by atoms with Crippen LogP contribution in [0.1, 0.15) is 5.76 Å². The van der Waals surface area contributed by atoms with Crippen molar-refractivity contribution in [2.75, 3.05) is 14.2 Å². The van der Waals surface area contributed by atoms with Crippen molar-refractivity contribution in [3.8, 4) is 11.3 Å². The molecule has 1 heterocycles. The minimum absolute atomic E-state index is 0.253. The van der Waals surface area contributed by atoms with E-state index in [-0.39, 0.29) is 5.57 Å². The topological polar surface area (TPSA) is 65.7 Å². The predicted octanol–water partition coefficient (Wildman–Crippen LogP) is 3.33. The Hall–Kier alpha value is -2.53. The van der Waals surface area contributed by atoms with Crippen LogP contribution in [0.5, 0.6) is 0 Å². The van der Waals surface area contributed by atoms with Gasteiger partial charge in [0.15, 0.2) is 0 Å². The van der Waals surface area contributed by atoms with E-state index in [9.17, 15) is 9.59 Å². The molecule has 0 aliphatic heterocycles. The summed E-state index contributed by atoms with van der Waals surface area (Å²) in [6.07, 6.45) is 1.27. The fraction of sp³-hybridized carbons (Fsp3) is 0.125. The van der Waals surface area contributed by atoms with Crippen LogP contribution in [0.25, 0.3) is 17.4 Å². The van der Waals surface area contributed by atoms with Gasteiger partial charge in [-0.2, -0.15) is 0 Å². The van der Waals surface area contributed by atoms with Crippen molar-refractivity contribution in [3.63, 3.8) is 0 Å². The van der Waals surface area contributed by atoms with Gasteiger partial charge in [0.05, 0.1) is 14.2 Å². The van der Waals surface area contributed by atoms with Crippen LogP contribution in [0.4, 0.5) is 0 Å². The quantitative estimate of drug-likeness (QED) is 0.374. The lowest BCUT2D eigenvalue weighted by Gasteiger charge is -2.02. The number of carbonyl (C=O) groups is 2. The maximum atomic E-state index is 11.6. The van der Waals surface area contributed by atoms with E-state index in [4.69, 9.17) is 16.0 Å². The number of methoxy groups -OCH3 is 2. The molecule has 0 radical (unpaired) electrons. The van der Waals surface area contributed by atoms with Crippen molar-refractivity contribution < 1.29 is 23.5 Å².